The lowest BCUT2D eigenvalue weighted by molar-refractivity contribution is 0.176. The van der Waals surface area contributed by atoms with Crippen molar-refractivity contribution in [2.24, 2.45) is 11.1 Å². The number of nitrogens with two attached hydrogens (primary N) is 1. The number of unbranched alkanes of at least 4 members (excludes halogenated alkanes) is 6. The molecular weight excluding hydrogens is 232 g/mol. The molecule has 0 rings (SSSR count). The van der Waals surface area contributed by atoms with Crippen LogP contribution < -0.4 is 5.73 Å². The van der Waals surface area contributed by atoms with Gasteiger partial charge in [-0.15, -0.1) is 0 Å². The van der Waals surface area contributed by atoms with Crippen molar-refractivity contribution in [1.29, 1.82) is 0 Å². The summed E-state index contributed by atoms with van der Waals surface area (Å²) in [7, 11) is 0. The zero-order valence-electron chi connectivity index (χ0n) is 14.0. The lowest BCUT2D eigenvalue weighted by Crippen LogP contribution is -2.39. The lowest BCUT2D eigenvalue weighted by atomic mass is 9.93. The van der Waals surface area contributed by atoms with Crippen LogP contribution in [0.2, 0.25) is 0 Å². The van der Waals surface area contributed by atoms with Crippen molar-refractivity contribution < 1.29 is 0 Å². The number of hydrogen-bond donors (Lipinski definition) is 1. The molecule has 0 unspecified atom stereocenters. The van der Waals surface area contributed by atoms with Crippen molar-refractivity contribution in [2.45, 2.75) is 79.1 Å². The van der Waals surface area contributed by atoms with E-state index in [1.165, 1.54) is 64.5 Å². The van der Waals surface area contributed by atoms with Gasteiger partial charge in [-0.25, -0.2) is 0 Å². The fourth-order valence-corrected chi connectivity index (χ4v) is 2.46. The van der Waals surface area contributed by atoms with E-state index in [2.05, 4.69) is 32.6 Å². The first kappa shape index (κ1) is 18.9. The molecule has 0 saturated heterocycles. The van der Waals surface area contributed by atoms with Gasteiger partial charge in [-0.2, -0.15) is 0 Å². The molecule has 0 aliphatic rings. The Bertz CT molecular complexity index is 178. The molecule has 2 heteroatoms. The van der Waals surface area contributed by atoms with Gasteiger partial charge < -0.3 is 10.6 Å². The summed E-state index contributed by atoms with van der Waals surface area (Å²) in [6.07, 6.45) is 10.9. The third-order valence-electron chi connectivity index (χ3n) is 3.86. The second kappa shape index (κ2) is 11.7. The van der Waals surface area contributed by atoms with Crippen molar-refractivity contribution >= 4 is 0 Å². The van der Waals surface area contributed by atoms with Crippen LogP contribution in [0.1, 0.15) is 79.1 Å². The highest BCUT2D eigenvalue weighted by Gasteiger charge is 2.19. The topological polar surface area (TPSA) is 29.3 Å². The SMILES string of the molecule is CCCCCCN(CCCCCC)CC(C)(C)CN. The van der Waals surface area contributed by atoms with Gasteiger partial charge in [-0.05, 0) is 37.9 Å². The molecule has 0 amide bonds. The summed E-state index contributed by atoms with van der Waals surface area (Å²) in [6.45, 7) is 13.6. The zero-order chi connectivity index (χ0) is 14.6. The van der Waals surface area contributed by atoms with Gasteiger partial charge in [-0.1, -0.05) is 66.2 Å². The van der Waals surface area contributed by atoms with Crippen molar-refractivity contribution in [2.75, 3.05) is 26.2 Å². The minimum atomic E-state index is 0.259. The molecule has 0 spiro atoms. The Hall–Kier alpha value is -0.0800. The molecule has 0 aromatic heterocycles. The number of nitrogens with zero attached hydrogens (tertiary/aromatic N) is 1. The van der Waals surface area contributed by atoms with Crippen LogP contribution in [0.5, 0.6) is 0 Å². The first-order valence-corrected chi connectivity index (χ1v) is 8.48. The van der Waals surface area contributed by atoms with E-state index in [0.29, 0.717) is 0 Å². The van der Waals surface area contributed by atoms with E-state index >= 15 is 0 Å². The second-order valence-corrected chi connectivity index (χ2v) is 6.77. The lowest BCUT2D eigenvalue weighted by Gasteiger charge is -2.32. The van der Waals surface area contributed by atoms with Gasteiger partial charge in [-0.3, -0.25) is 0 Å². The van der Waals surface area contributed by atoms with Gasteiger partial charge >= 0.3 is 0 Å². The maximum absolute atomic E-state index is 5.88. The molecule has 116 valence electrons. The molecule has 0 aromatic carbocycles. The molecule has 2 N–H and O–H groups in total. The molecule has 0 aromatic rings. The average Bonchev–Trinajstić information content (AvgIpc) is 2.39. The Kier molecular flexibility index (Phi) is 11.7. The van der Waals surface area contributed by atoms with E-state index < -0.39 is 0 Å². The van der Waals surface area contributed by atoms with E-state index in [1.807, 2.05) is 0 Å². The van der Waals surface area contributed by atoms with Crippen molar-refractivity contribution in [3.05, 3.63) is 0 Å². The van der Waals surface area contributed by atoms with E-state index in [-0.39, 0.29) is 5.41 Å². The Balaban J connectivity index is 3.99. The molecule has 0 heterocycles. The van der Waals surface area contributed by atoms with Gasteiger partial charge in [0.2, 0.25) is 0 Å². The fourth-order valence-electron chi connectivity index (χ4n) is 2.46. The highest BCUT2D eigenvalue weighted by Crippen LogP contribution is 2.16. The van der Waals surface area contributed by atoms with Crippen LogP contribution in [0.4, 0.5) is 0 Å². The van der Waals surface area contributed by atoms with Crippen LogP contribution in [-0.4, -0.2) is 31.1 Å². The fraction of sp³-hybridized carbons (Fsp3) is 1.00. The second-order valence-electron chi connectivity index (χ2n) is 6.77. The third-order valence-corrected chi connectivity index (χ3v) is 3.86. The summed E-state index contributed by atoms with van der Waals surface area (Å²) in [5.41, 5.74) is 6.14. The maximum atomic E-state index is 5.88. The highest BCUT2D eigenvalue weighted by molar-refractivity contribution is 4.75. The van der Waals surface area contributed by atoms with Crippen LogP contribution in [0.15, 0.2) is 0 Å². The Morgan fingerprint density at radius 2 is 1.26 bits per heavy atom. The van der Waals surface area contributed by atoms with Crippen molar-refractivity contribution in [3.63, 3.8) is 0 Å². The molecule has 0 aliphatic carbocycles. The van der Waals surface area contributed by atoms with Gasteiger partial charge in [0.1, 0.15) is 0 Å². The van der Waals surface area contributed by atoms with E-state index in [0.717, 1.165) is 13.1 Å². The summed E-state index contributed by atoms with van der Waals surface area (Å²) in [4.78, 5) is 2.65. The molecule has 0 bridgehead atoms. The van der Waals surface area contributed by atoms with Crippen LogP contribution in [0.25, 0.3) is 0 Å². The molecule has 0 aliphatic heterocycles. The largest absolute Gasteiger partial charge is 0.330 e. The zero-order valence-corrected chi connectivity index (χ0v) is 14.0. The molecular formula is C17H38N2. The Morgan fingerprint density at radius 3 is 1.63 bits per heavy atom. The van der Waals surface area contributed by atoms with Crippen LogP contribution in [0, 0.1) is 5.41 Å². The molecule has 0 saturated carbocycles. The van der Waals surface area contributed by atoms with Gasteiger partial charge in [0.25, 0.3) is 0 Å². The summed E-state index contributed by atoms with van der Waals surface area (Å²) in [5, 5.41) is 0. The smallest absolute Gasteiger partial charge is 0.00447 e. The predicted molar refractivity (Wildman–Crippen MR) is 87.6 cm³/mol. The van der Waals surface area contributed by atoms with Crippen LogP contribution in [-0.2, 0) is 0 Å². The van der Waals surface area contributed by atoms with Crippen LogP contribution >= 0.6 is 0 Å². The Labute approximate surface area is 122 Å². The van der Waals surface area contributed by atoms with E-state index in [1.54, 1.807) is 0 Å². The van der Waals surface area contributed by atoms with Crippen LogP contribution in [0.3, 0.4) is 0 Å². The predicted octanol–water partition coefficient (Wildman–Crippen LogP) is 4.43. The maximum Gasteiger partial charge on any atom is 0.00447 e. The molecule has 19 heavy (non-hydrogen) atoms. The van der Waals surface area contributed by atoms with Crippen molar-refractivity contribution in [3.8, 4) is 0 Å². The summed E-state index contributed by atoms with van der Waals surface area (Å²) < 4.78 is 0. The normalized spacial score (nSPS) is 12.3. The number of hydrogen-bond acceptors (Lipinski definition) is 2. The van der Waals surface area contributed by atoms with Gasteiger partial charge in [0, 0.05) is 6.54 Å². The summed E-state index contributed by atoms with van der Waals surface area (Å²) >= 11 is 0. The quantitative estimate of drug-likeness (QED) is 0.502. The third kappa shape index (κ3) is 11.4. The molecule has 2 nitrogen and oxygen atoms in total. The molecule has 0 radical (unpaired) electrons. The first-order valence-electron chi connectivity index (χ1n) is 8.48. The summed E-state index contributed by atoms with van der Waals surface area (Å²) in [5.74, 6) is 0. The average molecular weight is 271 g/mol. The molecule has 0 atom stereocenters. The summed E-state index contributed by atoms with van der Waals surface area (Å²) in [6, 6.07) is 0. The minimum Gasteiger partial charge on any atom is -0.330 e. The monoisotopic (exact) mass is 270 g/mol. The van der Waals surface area contributed by atoms with Crippen molar-refractivity contribution in [1.82, 2.24) is 4.90 Å². The first-order chi connectivity index (χ1) is 9.05. The Morgan fingerprint density at radius 1 is 0.789 bits per heavy atom. The van der Waals surface area contributed by atoms with Gasteiger partial charge in [0.15, 0.2) is 0 Å². The number of rotatable bonds is 13. The minimum absolute atomic E-state index is 0.259. The molecule has 0 fully saturated rings. The van der Waals surface area contributed by atoms with E-state index in [4.69, 9.17) is 5.73 Å². The van der Waals surface area contributed by atoms with E-state index in [9.17, 15) is 0 Å². The highest BCUT2D eigenvalue weighted by atomic mass is 15.1. The standard InChI is InChI=1S/C17H38N2/c1-5-7-9-11-13-19(14-12-10-8-6-2)16-17(3,4)15-18/h5-16,18H2,1-4H3. The van der Waals surface area contributed by atoms with Gasteiger partial charge in [0.05, 0.1) is 0 Å².